The van der Waals surface area contributed by atoms with Gasteiger partial charge in [-0.25, -0.2) is 4.79 Å². The van der Waals surface area contributed by atoms with Crippen molar-refractivity contribution in [2.75, 3.05) is 28.4 Å². The van der Waals surface area contributed by atoms with Gasteiger partial charge in [-0.05, 0) is 47.5 Å². The van der Waals surface area contributed by atoms with E-state index < -0.39 is 17.6 Å². The molecule has 5 rings (SSSR count). The quantitative estimate of drug-likeness (QED) is 0.102. The number of carbonyl (C=O) groups is 3. The molecule has 0 saturated heterocycles. The molecule has 5 aromatic rings. The second kappa shape index (κ2) is 20.0. The largest absolute Gasteiger partial charge is 0.504 e. The van der Waals surface area contributed by atoms with Gasteiger partial charge in [0.1, 0.15) is 5.56 Å². The van der Waals surface area contributed by atoms with Crippen molar-refractivity contribution >= 4 is 17.8 Å². The second-order valence-corrected chi connectivity index (χ2v) is 10.4. The van der Waals surface area contributed by atoms with Crippen LogP contribution in [0.3, 0.4) is 0 Å². The van der Waals surface area contributed by atoms with E-state index in [1.807, 2.05) is 60.7 Å². The maximum Gasteiger partial charge on any atom is 0.339 e. The summed E-state index contributed by atoms with van der Waals surface area (Å²) in [6.07, 6.45) is 0. The molecule has 5 aromatic carbocycles. The highest BCUT2D eigenvalue weighted by atomic mass is 16.5. The number of carboxylic acid groups (broad SMARTS) is 1. The molecule has 0 bridgehead atoms. The molecule has 2 amide bonds. The van der Waals surface area contributed by atoms with Gasteiger partial charge < -0.3 is 44.9 Å². The summed E-state index contributed by atoms with van der Waals surface area (Å²) in [4.78, 5) is 34.7. The molecule has 5 N–H and O–H groups in total. The smallest absolute Gasteiger partial charge is 0.339 e. The van der Waals surface area contributed by atoms with Crippen LogP contribution in [0.4, 0.5) is 0 Å². The summed E-state index contributed by atoms with van der Waals surface area (Å²) in [5.41, 5.74) is 2.63. The molecule has 0 spiro atoms. The number of phenols is 2. The molecule has 0 aliphatic heterocycles. The van der Waals surface area contributed by atoms with Crippen molar-refractivity contribution in [2.45, 2.75) is 13.1 Å². The van der Waals surface area contributed by atoms with Gasteiger partial charge in [0.25, 0.3) is 11.8 Å². The minimum atomic E-state index is -1.03. The van der Waals surface area contributed by atoms with E-state index in [9.17, 15) is 24.6 Å². The summed E-state index contributed by atoms with van der Waals surface area (Å²) >= 11 is 0. The van der Waals surface area contributed by atoms with Crippen LogP contribution in [0.5, 0.6) is 34.5 Å². The van der Waals surface area contributed by atoms with Crippen LogP contribution in [0.1, 0.15) is 42.2 Å². The van der Waals surface area contributed by atoms with Crippen molar-refractivity contribution < 1.29 is 48.7 Å². The van der Waals surface area contributed by atoms with Gasteiger partial charge in [0.15, 0.2) is 34.5 Å². The minimum absolute atomic E-state index is 0.0610. The van der Waals surface area contributed by atoms with Crippen molar-refractivity contribution in [2.24, 2.45) is 0 Å². The summed E-state index contributed by atoms with van der Waals surface area (Å²) in [6.45, 7) is 0.842. The highest BCUT2D eigenvalue weighted by Gasteiger charge is 2.17. The van der Waals surface area contributed by atoms with E-state index in [1.165, 1.54) is 45.6 Å². The number of hydrogen-bond donors (Lipinski definition) is 5. The molecule has 12 heteroatoms. The highest BCUT2D eigenvalue weighted by Crippen LogP contribution is 2.31. The van der Waals surface area contributed by atoms with E-state index in [4.69, 9.17) is 24.1 Å². The van der Waals surface area contributed by atoms with Crippen molar-refractivity contribution in [3.8, 4) is 34.5 Å². The number of hydrogen-bond acceptors (Lipinski definition) is 9. The molecule has 0 aromatic heterocycles. The van der Waals surface area contributed by atoms with E-state index in [1.54, 1.807) is 37.4 Å². The number of aromatic hydroxyl groups is 2. The molecule has 0 atom stereocenters. The highest BCUT2D eigenvalue weighted by molar-refractivity contribution is 5.98. The van der Waals surface area contributed by atoms with Crippen LogP contribution >= 0.6 is 0 Å². The molecule has 266 valence electrons. The summed E-state index contributed by atoms with van der Waals surface area (Å²) in [6, 6.07) is 33.4. The summed E-state index contributed by atoms with van der Waals surface area (Å²) in [5.74, 6) is -0.696. The molecular formula is C39H40N2O10. The van der Waals surface area contributed by atoms with Crippen LogP contribution in [0, 0.1) is 0 Å². The lowest BCUT2D eigenvalue weighted by molar-refractivity contribution is 0.0692. The standard InChI is InChI=1S/C16H17NO3.C14H13NO3.C9H10O4/c1-19-14-10-6-9-13(15(14)20-2)16(18)17-11-12-7-4-3-5-8-12;16-12-8-4-7-11(13(12)17)14(18)15-9-10-5-2-1-3-6-10;1-12-7-5-3-4-6(9(10)11)8(7)13-2/h3-10H,11H2,1-2H3,(H,17,18);1-8,16-17H,9H2,(H,15,18);3-5H,1-2H3,(H,10,11). The Bertz CT molecular complexity index is 1880. The topological polar surface area (TPSA) is 173 Å². The maximum absolute atomic E-state index is 12.2. The normalized spacial score (nSPS) is 9.80. The Morgan fingerprint density at radius 3 is 1.37 bits per heavy atom. The fourth-order valence-corrected chi connectivity index (χ4v) is 4.58. The number of nitrogens with one attached hydrogen (secondary N) is 2. The summed E-state index contributed by atoms with van der Waals surface area (Å²) in [7, 11) is 5.93. The van der Waals surface area contributed by atoms with Gasteiger partial charge in [-0.3, -0.25) is 9.59 Å². The number of amides is 2. The van der Waals surface area contributed by atoms with Crippen LogP contribution < -0.4 is 29.6 Å². The van der Waals surface area contributed by atoms with Gasteiger partial charge in [0.05, 0.1) is 39.6 Å². The Morgan fingerprint density at radius 2 is 0.922 bits per heavy atom. The number of carbonyl (C=O) groups excluding carboxylic acids is 2. The van der Waals surface area contributed by atoms with E-state index >= 15 is 0 Å². The van der Waals surface area contributed by atoms with Crippen molar-refractivity contribution in [3.05, 3.63) is 143 Å². The van der Waals surface area contributed by atoms with Crippen LogP contribution in [0.2, 0.25) is 0 Å². The summed E-state index contributed by atoms with van der Waals surface area (Å²) < 4.78 is 20.3. The van der Waals surface area contributed by atoms with Crippen LogP contribution in [-0.4, -0.2) is 61.5 Å². The average Bonchev–Trinajstić information content (AvgIpc) is 3.17. The lowest BCUT2D eigenvalue weighted by Gasteiger charge is -2.12. The molecule has 0 unspecified atom stereocenters. The number of ether oxygens (including phenoxy) is 4. The molecule has 0 saturated carbocycles. The zero-order valence-electron chi connectivity index (χ0n) is 28.6. The fourth-order valence-electron chi connectivity index (χ4n) is 4.58. The minimum Gasteiger partial charge on any atom is -0.504 e. The predicted octanol–water partition coefficient (Wildman–Crippen LogP) is 6.06. The molecule has 12 nitrogen and oxygen atoms in total. The number of para-hydroxylation sites is 3. The zero-order valence-corrected chi connectivity index (χ0v) is 28.6. The SMILES string of the molecule is COc1cccc(C(=O)NCc2ccccc2)c1OC.COc1cccc(C(=O)O)c1OC.O=C(NCc1ccccc1)c1cccc(O)c1O. The Kier molecular flexibility index (Phi) is 15.2. The molecule has 0 heterocycles. The third-order valence-corrected chi connectivity index (χ3v) is 7.13. The van der Waals surface area contributed by atoms with Gasteiger partial charge >= 0.3 is 5.97 Å². The first-order chi connectivity index (χ1) is 24.6. The Balaban J connectivity index is 0.000000211. The molecule has 51 heavy (non-hydrogen) atoms. The van der Waals surface area contributed by atoms with E-state index in [-0.39, 0.29) is 28.5 Å². The first-order valence-electron chi connectivity index (χ1n) is 15.5. The fraction of sp³-hybridized carbons (Fsp3) is 0.154. The van der Waals surface area contributed by atoms with Crippen molar-refractivity contribution in [3.63, 3.8) is 0 Å². The number of rotatable bonds is 11. The monoisotopic (exact) mass is 696 g/mol. The van der Waals surface area contributed by atoms with Crippen LogP contribution in [0.25, 0.3) is 0 Å². The first kappa shape index (κ1) is 38.8. The third kappa shape index (κ3) is 11.2. The summed E-state index contributed by atoms with van der Waals surface area (Å²) in [5, 5.41) is 33.2. The molecule has 0 aliphatic rings. The Hall–Kier alpha value is -6.69. The van der Waals surface area contributed by atoms with Gasteiger partial charge in [0.2, 0.25) is 0 Å². The molecule has 0 radical (unpaired) electrons. The van der Waals surface area contributed by atoms with E-state index in [2.05, 4.69) is 10.6 Å². The maximum atomic E-state index is 12.2. The Morgan fingerprint density at radius 1 is 0.510 bits per heavy atom. The number of benzene rings is 5. The number of carboxylic acids is 1. The number of aromatic carboxylic acids is 1. The lowest BCUT2D eigenvalue weighted by Crippen LogP contribution is -2.23. The zero-order chi connectivity index (χ0) is 37.2. The Labute approximate surface area is 295 Å². The van der Waals surface area contributed by atoms with E-state index in [0.717, 1.165) is 11.1 Å². The van der Waals surface area contributed by atoms with Crippen molar-refractivity contribution in [1.29, 1.82) is 0 Å². The van der Waals surface area contributed by atoms with Crippen LogP contribution in [-0.2, 0) is 13.1 Å². The van der Waals surface area contributed by atoms with Crippen LogP contribution in [0.15, 0.2) is 115 Å². The average molecular weight is 697 g/mol. The van der Waals surface area contributed by atoms with E-state index in [0.29, 0.717) is 35.9 Å². The van der Waals surface area contributed by atoms with Gasteiger partial charge in [-0.15, -0.1) is 0 Å². The van der Waals surface area contributed by atoms with Gasteiger partial charge in [0, 0.05) is 13.1 Å². The first-order valence-corrected chi connectivity index (χ1v) is 15.5. The van der Waals surface area contributed by atoms with Gasteiger partial charge in [-0.2, -0.15) is 0 Å². The molecule has 0 fully saturated rings. The predicted molar refractivity (Wildman–Crippen MR) is 191 cm³/mol. The molecule has 0 aliphatic carbocycles. The third-order valence-electron chi connectivity index (χ3n) is 7.13. The lowest BCUT2D eigenvalue weighted by atomic mass is 10.1. The number of phenolic OH excluding ortho intramolecular Hbond substituents is 2. The molecular weight excluding hydrogens is 656 g/mol. The number of methoxy groups -OCH3 is 4. The second-order valence-electron chi connectivity index (χ2n) is 10.4. The van der Waals surface area contributed by atoms with Gasteiger partial charge in [-0.1, -0.05) is 78.9 Å². The van der Waals surface area contributed by atoms with Crippen molar-refractivity contribution in [1.82, 2.24) is 10.6 Å².